The van der Waals surface area contributed by atoms with E-state index in [0.29, 0.717) is 18.6 Å². The molecule has 0 saturated carbocycles. The lowest BCUT2D eigenvalue weighted by Gasteiger charge is -2.10. The van der Waals surface area contributed by atoms with Gasteiger partial charge in [0.2, 0.25) is 29.1 Å². The maximum atomic E-state index is 13.5. The Hall–Kier alpha value is -3.60. The summed E-state index contributed by atoms with van der Waals surface area (Å²) in [5.41, 5.74) is 2.73. The van der Waals surface area contributed by atoms with E-state index in [1.807, 2.05) is 36.4 Å². The first kappa shape index (κ1) is 28.0. The van der Waals surface area contributed by atoms with Crippen molar-refractivity contribution in [3.05, 3.63) is 83.2 Å². The molecule has 0 unspecified atom stereocenters. The average molecular weight is 518 g/mol. The Morgan fingerprint density at radius 1 is 0.514 bits per heavy atom. The molecule has 3 rings (SSSR count). The molecule has 0 aliphatic rings. The minimum Gasteiger partial charge on any atom is -0.494 e. The van der Waals surface area contributed by atoms with E-state index in [9.17, 15) is 22.0 Å². The van der Waals surface area contributed by atoms with Gasteiger partial charge in [-0.1, -0.05) is 62.8 Å². The highest BCUT2D eigenvalue weighted by molar-refractivity contribution is 5.64. The van der Waals surface area contributed by atoms with Gasteiger partial charge >= 0.3 is 0 Å². The number of rotatable bonds is 14. The molecule has 0 radical (unpaired) electrons. The molecular formula is C29H28F5NO2. The maximum absolute atomic E-state index is 13.5. The molecule has 0 fully saturated rings. The Morgan fingerprint density at radius 3 is 1.41 bits per heavy atom. The summed E-state index contributed by atoms with van der Waals surface area (Å²) in [7, 11) is 0. The van der Waals surface area contributed by atoms with Crippen LogP contribution < -0.4 is 9.47 Å². The zero-order valence-electron chi connectivity index (χ0n) is 20.3. The minimum absolute atomic E-state index is 0.121. The number of nitrogens with zero attached hydrogens (tertiary/aromatic N) is 1. The Labute approximate surface area is 213 Å². The van der Waals surface area contributed by atoms with E-state index >= 15 is 0 Å². The topological polar surface area (TPSA) is 42.2 Å². The van der Waals surface area contributed by atoms with Gasteiger partial charge in [0.1, 0.15) is 5.75 Å². The highest BCUT2D eigenvalue weighted by Gasteiger charge is 2.26. The van der Waals surface area contributed by atoms with Gasteiger partial charge in [0.05, 0.1) is 24.8 Å². The fraction of sp³-hybridized carbons (Fsp3) is 0.345. The molecule has 0 heterocycles. The number of ether oxygens (including phenoxy) is 2. The summed E-state index contributed by atoms with van der Waals surface area (Å²) in [6, 6.07) is 17.4. The smallest absolute Gasteiger partial charge is 0.206 e. The fourth-order valence-electron chi connectivity index (χ4n) is 3.82. The van der Waals surface area contributed by atoms with Crippen LogP contribution in [0.4, 0.5) is 22.0 Å². The van der Waals surface area contributed by atoms with Gasteiger partial charge in [-0.2, -0.15) is 14.0 Å². The van der Waals surface area contributed by atoms with Crippen molar-refractivity contribution in [2.45, 2.75) is 51.4 Å². The molecule has 0 N–H and O–H groups in total. The lowest BCUT2D eigenvalue weighted by atomic mass is 10.0. The van der Waals surface area contributed by atoms with Crippen LogP contribution in [0, 0.1) is 40.4 Å². The summed E-state index contributed by atoms with van der Waals surface area (Å²) in [4.78, 5) is 0. The highest BCUT2D eigenvalue weighted by atomic mass is 19.2. The maximum Gasteiger partial charge on any atom is 0.206 e. The number of hydrogen-bond acceptors (Lipinski definition) is 3. The summed E-state index contributed by atoms with van der Waals surface area (Å²) in [6.07, 6.45) is 7.14. The van der Waals surface area contributed by atoms with E-state index < -0.39 is 34.8 Å². The standard InChI is InChI=1S/C29H28F5NO2/c30-24-25(31)27(33)29(28(34)26(24)32)37-18-8-6-4-2-1-3-5-7-17-36-23-15-13-22(14-16-23)21-11-9-20(19-35)10-12-21/h9-16H,1-8,17-18H2. The van der Waals surface area contributed by atoms with Gasteiger partial charge < -0.3 is 9.47 Å². The Morgan fingerprint density at radius 2 is 0.919 bits per heavy atom. The Bertz CT molecular complexity index is 1160. The first-order valence-corrected chi connectivity index (χ1v) is 12.3. The van der Waals surface area contributed by atoms with E-state index in [4.69, 9.17) is 14.7 Å². The van der Waals surface area contributed by atoms with Gasteiger partial charge in [-0.15, -0.1) is 0 Å². The minimum atomic E-state index is -2.19. The van der Waals surface area contributed by atoms with Gasteiger partial charge in [-0.3, -0.25) is 0 Å². The van der Waals surface area contributed by atoms with Crippen molar-refractivity contribution in [3.8, 4) is 28.7 Å². The molecule has 3 aromatic rings. The normalized spacial score (nSPS) is 10.8. The molecule has 196 valence electrons. The molecule has 0 spiro atoms. The lowest BCUT2D eigenvalue weighted by molar-refractivity contribution is 0.255. The van der Waals surface area contributed by atoms with E-state index in [1.54, 1.807) is 12.1 Å². The predicted molar refractivity (Wildman–Crippen MR) is 131 cm³/mol. The van der Waals surface area contributed by atoms with Crippen molar-refractivity contribution in [2.75, 3.05) is 13.2 Å². The molecule has 0 amide bonds. The van der Waals surface area contributed by atoms with Gasteiger partial charge in [0.15, 0.2) is 5.75 Å². The molecular weight excluding hydrogens is 489 g/mol. The highest BCUT2D eigenvalue weighted by Crippen LogP contribution is 2.29. The van der Waals surface area contributed by atoms with Crippen LogP contribution in [0.1, 0.15) is 56.9 Å². The number of unbranched alkanes of at least 4 members (excludes halogenated alkanes) is 7. The first-order valence-electron chi connectivity index (χ1n) is 12.3. The van der Waals surface area contributed by atoms with Gasteiger partial charge in [-0.05, 0) is 48.2 Å². The van der Waals surface area contributed by atoms with E-state index in [-0.39, 0.29) is 6.61 Å². The molecule has 0 saturated heterocycles. The molecule has 3 nitrogen and oxygen atoms in total. The third kappa shape index (κ3) is 7.94. The number of halogens is 5. The Balaban J connectivity index is 1.21. The third-order valence-corrected chi connectivity index (χ3v) is 5.92. The second-order valence-electron chi connectivity index (χ2n) is 8.64. The second-order valence-corrected chi connectivity index (χ2v) is 8.64. The number of nitriles is 1. The van der Waals surface area contributed by atoms with Crippen LogP contribution in [0.2, 0.25) is 0 Å². The summed E-state index contributed by atoms with van der Waals surface area (Å²) in [5, 5.41) is 8.89. The molecule has 8 heteroatoms. The molecule has 3 aromatic carbocycles. The van der Waals surface area contributed by atoms with Crippen molar-refractivity contribution in [2.24, 2.45) is 0 Å². The van der Waals surface area contributed by atoms with Crippen molar-refractivity contribution >= 4 is 0 Å². The second kappa shape index (κ2) is 14.2. The number of hydrogen-bond donors (Lipinski definition) is 0. The summed E-state index contributed by atoms with van der Waals surface area (Å²) in [5.74, 6) is -10.5. The molecule has 37 heavy (non-hydrogen) atoms. The molecule has 0 aromatic heterocycles. The molecule has 0 aliphatic carbocycles. The fourth-order valence-corrected chi connectivity index (χ4v) is 3.82. The van der Waals surface area contributed by atoms with Crippen LogP contribution in [0.3, 0.4) is 0 Å². The van der Waals surface area contributed by atoms with Crippen LogP contribution in [-0.2, 0) is 0 Å². The molecule has 0 bridgehead atoms. The van der Waals surface area contributed by atoms with E-state index in [1.165, 1.54) is 0 Å². The summed E-state index contributed by atoms with van der Waals surface area (Å²) in [6.45, 7) is 0.509. The van der Waals surface area contributed by atoms with Gasteiger partial charge in [0.25, 0.3) is 0 Å². The lowest BCUT2D eigenvalue weighted by Crippen LogP contribution is -2.08. The number of benzene rings is 3. The van der Waals surface area contributed by atoms with Crippen molar-refractivity contribution < 1.29 is 31.4 Å². The molecule has 0 aliphatic heterocycles. The largest absolute Gasteiger partial charge is 0.494 e. The SMILES string of the molecule is N#Cc1ccc(-c2ccc(OCCCCCCCCCCOc3c(F)c(F)c(F)c(F)c3F)cc2)cc1. The predicted octanol–water partition coefficient (Wildman–Crippen LogP) is 8.50. The average Bonchev–Trinajstić information content (AvgIpc) is 2.93. The van der Waals surface area contributed by atoms with Crippen LogP contribution in [0.15, 0.2) is 48.5 Å². The van der Waals surface area contributed by atoms with Crippen LogP contribution in [0.5, 0.6) is 11.5 Å². The van der Waals surface area contributed by atoms with Gasteiger partial charge in [-0.25, -0.2) is 13.2 Å². The van der Waals surface area contributed by atoms with Crippen molar-refractivity contribution in [1.82, 2.24) is 0 Å². The zero-order chi connectivity index (χ0) is 26.6. The first-order chi connectivity index (χ1) is 17.9. The van der Waals surface area contributed by atoms with Gasteiger partial charge in [0, 0.05) is 0 Å². The Kier molecular flexibility index (Phi) is 10.8. The van der Waals surface area contributed by atoms with Crippen LogP contribution in [0.25, 0.3) is 11.1 Å². The van der Waals surface area contributed by atoms with E-state index in [0.717, 1.165) is 61.8 Å². The summed E-state index contributed by atoms with van der Waals surface area (Å²) < 4.78 is 77.0. The quantitative estimate of drug-likeness (QED) is 0.0932. The van der Waals surface area contributed by atoms with Crippen LogP contribution in [-0.4, -0.2) is 13.2 Å². The molecule has 0 atom stereocenters. The summed E-state index contributed by atoms with van der Waals surface area (Å²) >= 11 is 0. The van der Waals surface area contributed by atoms with Crippen molar-refractivity contribution in [3.63, 3.8) is 0 Å². The van der Waals surface area contributed by atoms with Crippen molar-refractivity contribution in [1.29, 1.82) is 5.26 Å². The monoisotopic (exact) mass is 517 g/mol. The van der Waals surface area contributed by atoms with E-state index in [2.05, 4.69) is 6.07 Å². The third-order valence-electron chi connectivity index (χ3n) is 5.92. The van der Waals surface area contributed by atoms with Crippen LogP contribution >= 0.6 is 0 Å². The zero-order valence-corrected chi connectivity index (χ0v) is 20.3.